The molecule has 3 rings (SSSR count). The largest absolute Gasteiger partial charge is 0.326 e. The topological polar surface area (TPSA) is 83.6 Å². The van der Waals surface area contributed by atoms with Gasteiger partial charge in [0, 0.05) is 30.3 Å². The minimum absolute atomic E-state index is 0.00810. The zero-order chi connectivity index (χ0) is 22.1. The summed E-state index contributed by atoms with van der Waals surface area (Å²) in [6, 6.07) is 10.6. The van der Waals surface area contributed by atoms with Crippen LogP contribution in [0.2, 0.25) is 0 Å². The molecule has 7 heteroatoms. The first-order valence-corrected chi connectivity index (χ1v) is 11.8. The molecule has 2 aromatic carbocycles. The van der Waals surface area contributed by atoms with Crippen molar-refractivity contribution in [3.05, 3.63) is 53.1 Å². The van der Waals surface area contributed by atoms with Gasteiger partial charge in [-0.25, -0.2) is 8.42 Å². The average Bonchev–Trinajstić information content (AvgIpc) is 3.03. The highest BCUT2D eigenvalue weighted by atomic mass is 32.2. The van der Waals surface area contributed by atoms with Gasteiger partial charge in [0.2, 0.25) is 11.8 Å². The Kier molecular flexibility index (Phi) is 6.31. The summed E-state index contributed by atoms with van der Waals surface area (Å²) in [6.45, 7) is 7.60. The summed E-state index contributed by atoms with van der Waals surface area (Å²) in [7, 11) is -3.61. The van der Waals surface area contributed by atoms with Crippen LogP contribution < -0.4 is 10.2 Å². The first-order valence-electron chi connectivity index (χ1n) is 10.2. The second-order valence-electron chi connectivity index (χ2n) is 7.90. The highest BCUT2D eigenvalue weighted by Gasteiger charge is 2.31. The molecule has 0 aromatic heterocycles. The monoisotopic (exact) mass is 428 g/mol. The van der Waals surface area contributed by atoms with Crippen LogP contribution in [0.5, 0.6) is 0 Å². The predicted octanol–water partition coefficient (Wildman–Crippen LogP) is 3.79. The lowest BCUT2D eigenvalue weighted by Crippen LogP contribution is -2.35. The summed E-state index contributed by atoms with van der Waals surface area (Å²) in [5, 5.41) is 2.80. The summed E-state index contributed by atoms with van der Waals surface area (Å²) in [5.74, 6) is -0.572. The summed E-state index contributed by atoms with van der Waals surface area (Å²) in [4.78, 5) is 26.5. The van der Waals surface area contributed by atoms with Gasteiger partial charge in [0.1, 0.15) is 0 Å². The third-order valence-corrected chi connectivity index (χ3v) is 7.18. The van der Waals surface area contributed by atoms with Gasteiger partial charge in [-0.15, -0.1) is 0 Å². The van der Waals surface area contributed by atoms with Gasteiger partial charge in [-0.05, 0) is 68.1 Å². The summed E-state index contributed by atoms with van der Waals surface area (Å²) in [6.07, 6.45) is 0.903. The van der Waals surface area contributed by atoms with E-state index < -0.39 is 9.84 Å². The number of carbonyl (C=O) groups is 2. The molecule has 2 aromatic rings. The number of hydrogen-bond acceptors (Lipinski definition) is 4. The number of nitrogens with one attached hydrogen (secondary N) is 1. The van der Waals surface area contributed by atoms with Crippen molar-refractivity contribution in [2.24, 2.45) is 0 Å². The maximum absolute atomic E-state index is 12.8. The van der Waals surface area contributed by atoms with E-state index in [1.165, 1.54) is 6.07 Å². The molecule has 0 spiro atoms. The van der Waals surface area contributed by atoms with Gasteiger partial charge in [-0.2, -0.15) is 0 Å². The highest BCUT2D eigenvalue weighted by Crippen LogP contribution is 2.34. The second-order valence-corrected chi connectivity index (χ2v) is 10.0. The summed E-state index contributed by atoms with van der Waals surface area (Å²) in [5.41, 5.74) is 4.28. The fourth-order valence-electron chi connectivity index (χ4n) is 3.78. The number of nitrogens with zero attached hydrogens (tertiary/aromatic N) is 1. The smallest absolute Gasteiger partial charge is 0.226 e. The molecule has 1 N–H and O–H groups in total. The van der Waals surface area contributed by atoms with Crippen LogP contribution in [0, 0.1) is 13.8 Å². The lowest BCUT2D eigenvalue weighted by molar-refractivity contribution is -0.118. The number of aryl methyl sites for hydroxylation is 2. The minimum Gasteiger partial charge on any atom is -0.326 e. The van der Waals surface area contributed by atoms with E-state index in [0.717, 1.165) is 22.4 Å². The number of anilines is 2. The Balaban J connectivity index is 1.71. The van der Waals surface area contributed by atoms with E-state index in [1.807, 2.05) is 45.9 Å². The van der Waals surface area contributed by atoms with Crippen molar-refractivity contribution in [2.45, 2.75) is 57.9 Å². The van der Waals surface area contributed by atoms with E-state index in [2.05, 4.69) is 5.32 Å². The van der Waals surface area contributed by atoms with Crippen molar-refractivity contribution in [3.63, 3.8) is 0 Å². The van der Waals surface area contributed by atoms with Crippen molar-refractivity contribution in [3.8, 4) is 0 Å². The molecule has 2 amide bonds. The Bertz CT molecular complexity index is 1090. The zero-order valence-corrected chi connectivity index (χ0v) is 18.7. The molecule has 0 bridgehead atoms. The predicted molar refractivity (Wildman–Crippen MR) is 119 cm³/mol. The Morgan fingerprint density at radius 1 is 1.13 bits per heavy atom. The molecular weight excluding hydrogens is 400 g/mol. The Hall–Kier alpha value is -2.67. The quantitative estimate of drug-likeness (QED) is 0.759. The maximum Gasteiger partial charge on any atom is 0.226 e. The number of hydrogen-bond donors (Lipinski definition) is 1. The Labute approximate surface area is 178 Å². The summed E-state index contributed by atoms with van der Waals surface area (Å²) >= 11 is 0. The molecule has 160 valence electrons. The minimum atomic E-state index is -3.61. The van der Waals surface area contributed by atoms with E-state index in [4.69, 9.17) is 0 Å². The van der Waals surface area contributed by atoms with Crippen LogP contribution in [0.4, 0.5) is 11.4 Å². The lowest BCUT2D eigenvalue weighted by Gasteiger charge is -2.22. The molecule has 1 heterocycles. The van der Waals surface area contributed by atoms with Crippen LogP contribution in [0.25, 0.3) is 0 Å². The number of sulfone groups is 1. The van der Waals surface area contributed by atoms with Crippen molar-refractivity contribution in [2.75, 3.05) is 16.0 Å². The van der Waals surface area contributed by atoms with Crippen LogP contribution in [-0.2, 0) is 25.8 Å². The van der Waals surface area contributed by atoms with E-state index in [0.29, 0.717) is 18.5 Å². The molecule has 1 atom stereocenters. The van der Waals surface area contributed by atoms with Crippen LogP contribution in [0.15, 0.2) is 41.3 Å². The van der Waals surface area contributed by atoms with Crippen molar-refractivity contribution < 1.29 is 18.0 Å². The molecule has 1 aliphatic heterocycles. The molecule has 0 radical (unpaired) electrons. The summed E-state index contributed by atoms with van der Waals surface area (Å²) < 4.78 is 25.6. The first-order chi connectivity index (χ1) is 14.1. The van der Waals surface area contributed by atoms with Crippen LogP contribution in [0.3, 0.4) is 0 Å². The number of amides is 2. The molecule has 0 fully saturated rings. The third kappa shape index (κ3) is 4.56. The van der Waals surface area contributed by atoms with E-state index in [9.17, 15) is 18.0 Å². The van der Waals surface area contributed by atoms with Crippen LogP contribution in [0.1, 0.15) is 43.4 Å². The van der Waals surface area contributed by atoms with Gasteiger partial charge in [0.05, 0.1) is 10.6 Å². The molecule has 0 saturated heterocycles. The molecule has 1 aliphatic rings. The molecule has 0 aliphatic carbocycles. The van der Waals surface area contributed by atoms with Gasteiger partial charge >= 0.3 is 0 Å². The number of rotatable bonds is 6. The fourth-order valence-corrected chi connectivity index (χ4v) is 5.07. The normalized spacial score (nSPS) is 15.7. The van der Waals surface area contributed by atoms with Gasteiger partial charge in [0.15, 0.2) is 9.84 Å². The van der Waals surface area contributed by atoms with Crippen LogP contribution >= 0.6 is 0 Å². The molecule has 30 heavy (non-hydrogen) atoms. The van der Waals surface area contributed by atoms with Gasteiger partial charge < -0.3 is 10.2 Å². The number of carbonyl (C=O) groups excluding carboxylic acids is 2. The molecule has 0 unspecified atom stereocenters. The molecular formula is C23H28N2O4S. The Morgan fingerprint density at radius 3 is 2.57 bits per heavy atom. The Morgan fingerprint density at radius 2 is 1.87 bits per heavy atom. The SMILES string of the molecule is CCC(=O)N1c2ccc(S(=O)(=O)CCC(=O)Nc3cc(C)ccc3C)cc2C[C@H]1C. The fraction of sp³-hybridized carbons (Fsp3) is 0.391. The maximum atomic E-state index is 12.8. The van der Waals surface area contributed by atoms with Gasteiger partial charge in [0.25, 0.3) is 0 Å². The standard InChI is InChI=1S/C23H28N2O4S/c1-5-23(27)25-17(4)13-18-14-19(8-9-21(18)25)30(28,29)11-10-22(26)24-20-12-15(2)6-7-16(20)3/h6-9,12,14,17H,5,10-11,13H2,1-4H3,(H,24,26)/t17-/m1/s1. The van der Waals surface area contributed by atoms with E-state index >= 15 is 0 Å². The average molecular weight is 429 g/mol. The van der Waals surface area contributed by atoms with Gasteiger partial charge in [-0.3, -0.25) is 9.59 Å². The third-order valence-electron chi connectivity index (χ3n) is 5.46. The zero-order valence-electron chi connectivity index (χ0n) is 17.9. The van der Waals surface area contributed by atoms with Crippen LogP contribution in [-0.4, -0.2) is 32.0 Å². The number of benzene rings is 2. The second kappa shape index (κ2) is 8.60. The van der Waals surface area contributed by atoms with Crippen molar-refractivity contribution in [1.29, 1.82) is 0 Å². The lowest BCUT2D eigenvalue weighted by atomic mass is 10.1. The highest BCUT2D eigenvalue weighted by molar-refractivity contribution is 7.91. The molecule has 6 nitrogen and oxygen atoms in total. The first kappa shape index (κ1) is 22.0. The van der Waals surface area contributed by atoms with E-state index in [-0.39, 0.29) is 34.9 Å². The van der Waals surface area contributed by atoms with Gasteiger partial charge in [-0.1, -0.05) is 19.1 Å². The van der Waals surface area contributed by atoms with Crippen molar-refractivity contribution in [1.82, 2.24) is 0 Å². The van der Waals surface area contributed by atoms with E-state index in [1.54, 1.807) is 17.0 Å². The van der Waals surface area contributed by atoms with Crippen molar-refractivity contribution >= 4 is 33.0 Å². The molecule has 0 saturated carbocycles. The number of fused-ring (bicyclic) bond motifs is 1.